The number of anilines is 1. The first-order chi connectivity index (χ1) is 16.3. The van der Waals surface area contributed by atoms with Crippen molar-refractivity contribution in [3.8, 4) is 11.5 Å². The van der Waals surface area contributed by atoms with E-state index in [0.29, 0.717) is 18.8 Å². The van der Waals surface area contributed by atoms with Crippen LogP contribution in [0.15, 0.2) is 77.7 Å². The molecule has 0 aromatic heterocycles. The molecular weight excluding hydrogens is 458 g/mol. The van der Waals surface area contributed by atoms with Gasteiger partial charge in [-0.1, -0.05) is 24.6 Å². The van der Waals surface area contributed by atoms with Crippen LogP contribution >= 0.6 is 0 Å². The van der Waals surface area contributed by atoms with E-state index < -0.39 is 20.9 Å². The maximum atomic E-state index is 13.2. The standard InChI is InChI=1S/C24H23N3O6S/c28-24(18-9-11-19(12-10-18)27(29)30)25-22-17-21(34(31,32)26-15-5-2-6-16-26)13-14-23(22)33-20-7-3-1-4-8-20/h1,3-4,7-14,17H,2,5-6,15-16H2,(H,25,28). The second-order valence-electron chi connectivity index (χ2n) is 7.80. The molecule has 1 amide bonds. The molecule has 1 aliphatic heterocycles. The number of nitro benzene ring substituents is 1. The van der Waals surface area contributed by atoms with Gasteiger partial charge in [0.25, 0.3) is 11.6 Å². The van der Waals surface area contributed by atoms with Crippen molar-refractivity contribution in [3.63, 3.8) is 0 Å². The zero-order chi connectivity index (χ0) is 24.1. The van der Waals surface area contributed by atoms with Crippen molar-refractivity contribution in [1.29, 1.82) is 0 Å². The summed E-state index contributed by atoms with van der Waals surface area (Å²) < 4.78 is 33.7. The molecule has 0 unspecified atom stereocenters. The summed E-state index contributed by atoms with van der Waals surface area (Å²) in [6.45, 7) is 0.907. The lowest BCUT2D eigenvalue weighted by Gasteiger charge is -2.26. The largest absolute Gasteiger partial charge is 0.455 e. The minimum Gasteiger partial charge on any atom is -0.455 e. The van der Waals surface area contributed by atoms with Gasteiger partial charge in [0, 0.05) is 30.8 Å². The zero-order valence-corrected chi connectivity index (χ0v) is 19.0. The average molecular weight is 482 g/mol. The van der Waals surface area contributed by atoms with Crippen LogP contribution in [0.5, 0.6) is 11.5 Å². The Balaban J connectivity index is 1.67. The van der Waals surface area contributed by atoms with Gasteiger partial charge in [-0.15, -0.1) is 0 Å². The molecule has 3 aromatic rings. The molecule has 3 aromatic carbocycles. The summed E-state index contributed by atoms with van der Waals surface area (Å²) in [6.07, 6.45) is 2.60. The number of sulfonamides is 1. The van der Waals surface area contributed by atoms with Gasteiger partial charge in [0.05, 0.1) is 15.5 Å². The van der Waals surface area contributed by atoms with Crippen molar-refractivity contribution in [1.82, 2.24) is 4.31 Å². The van der Waals surface area contributed by atoms with Crippen molar-refractivity contribution in [2.45, 2.75) is 24.2 Å². The van der Waals surface area contributed by atoms with Gasteiger partial charge in [-0.3, -0.25) is 14.9 Å². The predicted molar refractivity (Wildman–Crippen MR) is 127 cm³/mol. The van der Waals surface area contributed by atoms with Crippen molar-refractivity contribution in [2.24, 2.45) is 0 Å². The van der Waals surface area contributed by atoms with Gasteiger partial charge in [0.2, 0.25) is 10.0 Å². The first kappa shape index (κ1) is 23.4. The molecule has 4 rings (SSSR count). The molecule has 9 nitrogen and oxygen atoms in total. The van der Waals surface area contributed by atoms with Gasteiger partial charge in [-0.05, 0) is 55.3 Å². The van der Waals surface area contributed by atoms with Crippen molar-refractivity contribution >= 4 is 27.3 Å². The highest BCUT2D eigenvalue weighted by molar-refractivity contribution is 7.89. The Morgan fingerprint density at radius 3 is 2.26 bits per heavy atom. The molecule has 0 bridgehead atoms. The van der Waals surface area contributed by atoms with Crippen LogP contribution in [0.25, 0.3) is 0 Å². The second-order valence-corrected chi connectivity index (χ2v) is 9.73. The molecule has 1 saturated heterocycles. The minimum atomic E-state index is -3.74. The number of amides is 1. The summed E-state index contributed by atoms with van der Waals surface area (Å²) in [5, 5.41) is 13.6. The van der Waals surface area contributed by atoms with Crippen LogP contribution in [0.3, 0.4) is 0 Å². The number of hydrogen-bond donors (Lipinski definition) is 1. The summed E-state index contributed by atoms with van der Waals surface area (Å²) in [7, 11) is -3.74. The van der Waals surface area contributed by atoms with E-state index in [1.54, 1.807) is 24.3 Å². The highest BCUT2D eigenvalue weighted by atomic mass is 32.2. The molecule has 1 fully saturated rings. The fraction of sp³-hybridized carbons (Fsp3) is 0.208. The number of non-ortho nitro benzene ring substituents is 1. The van der Waals surface area contributed by atoms with E-state index in [0.717, 1.165) is 19.3 Å². The van der Waals surface area contributed by atoms with Crippen molar-refractivity contribution in [2.75, 3.05) is 18.4 Å². The van der Waals surface area contributed by atoms with E-state index in [1.165, 1.54) is 46.8 Å². The molecule has 176 valence electrons. The van der Waals surface area contributed by atoms with Crippen LogP contribution in [0.1, 0.15) is 29.6 Å². The molecule has 0 atom stereocenters. The number of benzene rings is 3. The number of nitrogens with zero attached hydrogens (tertiary/aromatic N) is 2. The third-order valence-electron chi connectivity index (χ3n) is 5.46. The normalized spacial score (nSPS) is 14.4. The Bertz CT molecular complexity index is 1290. The third-order valence-corrected chi connectivity index (χ3v) is 7.36. The highest BCUT2D eigenvalue weighted by Crippen LogP contribution is 2.33. The van der Waals surface area contributed by atoms with E-state index in [4.69, 9.17) is 4.74 Å². The van der Waals surface area contributed by atoms with Crippen molar-refractivity contribution < 1.29 is 22.9 Å². The zero-order valence-electron chi connectivity index (χ0n) is 18.2. The van der Waals surface area contributed by atoms with Crippen LogP contribution in [-0.4, -0.2) is 36.6 Å². The number of rotatable bonds is 7. The first-order valence-corrected chi connectivity index (χ1v) is 12.2. The van der Waals surface area contributed by atoms with Gasteiger partial charge in [0.1, 0.15) is 5.75 Å². The maximum absolute atomic E-state index is 13.2. The molecule has 1 N–H and O–H groups in total. The number of hydrogen-bond acceptors (Lipinski definition) is 6. The van der Waals surface area contributed by atoms with E-state index >= 15 is 0 Å². The number of nitrogens with one attached hydrogen (secondary N) is 1. The van der Waals surface area contributed by atoms with Crippen LogP contribution in [-0.2, 0) is 10.0 Å². The molecule has 1 heterocycles. The van der Waals surface area contributed by atoms with Gasteiger partial charge >= 0.3 is 0 Å². The quantitative estimate of drug-likeness (QED) is 0.382. The average Bonchev–Trinajstić information content (AvgIpc) is 2.86. The molecule has 0 aliphatic carbocycles. The Morgan fingerprint density at radius 1 is 0.941 bits per heavy atom. The maximum Gasteiger partial charge on any atom is 0.269 e. The number of para-hydroxylation sites is 1. The molecule has 34 heavy (non-hydrogen) atoms. The van der Waals surface area contributed by atoms with E-state index in [-0.39, 0.29) is 27.6 Å². The predicted octanol–water partition coefficient (Wildman–Crippen LogP) is 4.81. The van der Waals surface area contributed by atoms with Gasteiger partial charge in [0.15, 0.2) is 5.75 Å². The molecule has 0 spiro atoms. The molecular formula is C24H23N3O6S. The van der Waals surface area contributed by atoms with Crippen LogP contribution in [0.4, 0.5) is 11.4 Å². The smallest absolute Gasteiger partial charge is 0.269 e. The Labute approximate surface area is 197 Å². The Hall–Kier alpha value is -3.76. The lowest BCUT2D eigenvalue weighted by Crippen LogP contribution is -2.35. The van der Waals surface area contributed by atoms with Crippen LogP contribution in [0.2, 0.25) is 0 Å². The lowest BCUT2D eigenvalue weighted by atomic mass is 10.2. The summed E-state index contributed by atoms with van der Waals surface area (Å²) >= 11 is 0. The van der Waals surface area contributed by atoms with E-state index in [9.17, 15) is 23.3 Å². The Morgan fingerprint density at radius 2 is 1.62 bits per heavy atom. The molecule has 0 radical (unpaired) electrons. The summed E-state index contributed by atoms with van der Waals surface area (Å²) in [5.41, 5.74) is 0.213. The SMILES string of the molecule is O=C(Nc1cc(S(=O)(=O)N2CCCCC2)ccc1Oc1ccccc1)c1ccc([N+](=O)[O-])cc1. The second kappa shape index (κ2) is 10.0. The van der Waals surface area contributed by atoms with Gasteiger partial charge in [-0.2, -0.15) is 4.31 Å². The Kier molecular flexibility index (Phi) is 6.90. The number of nitro groups is 1. The van der Waals surface area contributed by atoms with Crippen LogP contribution < -0.4 is 10.1 Å². The fourth-order valence-corrected chi connectivity index (χ4v) is 5.20. The third kappa shape index (κ3) is 5.24. The summed E-state index contributed by atoms with van der Waals surface area (Å²) in [5.74, 6) is 0.222. The molecule has 1 aliphatic rings. The van der Waals surface area contributed by atoms with Gasteiger partial charge < -0.3 is 10.1 Å². The van der Waals surface area contributed by atoms with Crippen LogP contribution in [0, 0.1) is 10.1 Å². The molecule has 0 saturated carbocycles. The lowest BCUT2D eigenvalue weighted by molar-refractivity contribution is -0.384. The number of piperidine rings is 1. The monoisotopic (exact) mass is 481 g/mol. The van der Waals surface area contributed by atoms with Crippen molar-refractivity contribution in [3.05, 3.63) is 88.5 Å². The summed E-state index contributed by atoms with van der Waals surface area (Å²) in [4.78, 5) is 23.2. The first-order valence-electron chi connectivity index (χ1n) is 10.8. The molecule has 10 heteroatoms. The summed E-state index contributed by atoms with van der Waals surface area (Å²) in [6, 6.07) is 18.4. The minimum absolute atomic E-state index is 0.0498. The number of ether oxygens (including phenoxy) is 1. The number of carbonyl (C=O) groups is 1. The number of carbonyl (C=O) groups excluding carboxylic acids is 1. The topological polar surface area (TPSA) is 119 Å². The van der Waals surface area contributed by atoms with E-state index in [2.05, 4.69) is 5.32 Å². The fourth-order valence-electron chi connectivity index (χ4n) is 3.66. The van der Waals surface area contributed by atoms with E-state index in [1.807, 2.05) is 6.07 Å². The highest BCUT2D eigenvalue weighted by Gasteiger charge is 2.27. The van der Waals surface area contributed by atoms with Gasteiger partial charge in [-0.25, -0.2) is 8.42 Å².